The standard InChI is InChI=1S/C86H168N2O10S2/c1-5-9-13-17-21-25-29-33-37-41-45-49-53-57-61-79(89)75-87(76-80(90)62-58-54-50-46-42-38-34-30-26-22-18-14-10-6-2)69-73-99-85(95)67-65-83(93)97-71-72-98-84(94)66-68-86(96)100-74-70-88(77-81(91)63-59-55-51-47-43-39-35-31-27-23-19-15-11-7-3)78-82(92)64-60-56-52-48-44-40-36-32-28-24-20-16-12-8-4/h79-82,89-92H,5-78H2,1-4H3. The molecule has 0 radical (unpaired) electrons. The van der Waals surface area contributed by atoms with Gasteiger partial charge in [0, 0.05) is 63.6 Å². The van der Waals surface area contributed by atoms with E-state index < -0.39 is 36.4 Å². The van der Waals surface area contributed by atoms with E-state index in [9.17, 15) is 39.6 Å². The van der Waals surface area contributed by atoms with E-state index in [-0.39, 0.29) is 49.1 Å². The molecule has 0 spiro atoms. The number of ether oxygens (including phenoxy) is 2. The van der Waals surface area contributed by atoms with Crippen LogP contribution in [0.25, 0.3) is 0 Å². The Balaban J connectivity index is 4.84. The molecular formula is C86H168N2O10S2. The lowest BCUT2D eigenvalue weighted by atomic mass is 10.0. The number of aliphatic hydroxyl groups excluding tert-OH is 4. The predicted molar refractivity (Wildman–Crippen MR) is 432 cm³/mol. The third-order valence-electron chi connectivity index (χ3n) is 20.5. The van der Waals surface area contributed by atoms with Crippen LogP contribution >= 0.6 is 23.5 Å². The molecule has 4 unspecified atom stereocenters. The van der Waals surface area contributed by atoms with E-state index in [4.69, 9.17) is 9.47 Å². The molecule has 0 saturated heterocycles. The minimum Gasteiger partial charge on any atom is -0.462 e. The summed E-state index contributed by atoms with van der Waals surface area (Å²) in [5.74, 6) is -0.104. The van der Waals surface area contributed by atoms with Crippen molar-refractivity contribution in [3.05, 3.63) is 0 Å². The normalized spacial score (nSPS) is 13.0. The maximum atomic E-state index is 13.0. The molecule has 0 bridgehead atoms. The van der Waals surface area contributed by atoms with Gasteiger partial charge in [-0.05, 0) is 25.7 Å². The molecule has 594 valence electrons. The molecule has 4 atom stereocenters. The molecule has 4 N–H and O–H groups in total. The Morgan fingerprint density at radius 3 is 0.610 bits per heavy atom. The van der Waals surface area contributed by atoms with Crippen LogP contribution in [-0.4, -0.2) is 141 Å². The lowest BCUT2D eigenvalue weighted by molar-refractivity contribution is -0.152. The van der Waals surface area contributed by atoms with Crippen molar-refractivity contribution in [3.63, 3.8) is 0 Å². The highest BCUT2D eigenvalue weighted by Gasteiger charge is 2.20. The fourth-order valence-electron chi connectivity index (χ4n) is 14.0. The molecule has 0 aliphatic heterocycles. The van der Waals surface area contributed by atoms with Crippen LogP contribution in [0.2, 0.25) is 0 Å². The van der Waals surface area contributed by atoms with Crippen LogP contribution < -0.4 is 0 Å². The summed E-state index contributed by atoms with van der Waals surface area (Å²) in [6.07, 6.45) is 73.3. The molecule has 0 rings (SSSR count). The zero-order chi connectivity index (χ0) is 72.9. The van der Waals surface area contributed by atoms with Crippen LogP contribution in [0.1, 0.15) is 439 Å². The van der Waals surface area contributed by atoms with Crippen molar-refractivity contribution in [2.75, 3.05) is 64.0 Å². The lowest BCUT2D eigenvalue weighted by Crippen LogP contribution is -2.39. The van der Waals surface area contributed by atoms with Gasteiger partial charge in [0.15, 0.2) is 10.2 Å². The van der Waals surface area contributed by atoms with Crippen molar-refractivity contribution in [1.29, 1.82) is 0 Å². The lowest BCUT2D eigenvalue weighted by Gasteiger charge is -2.27. The van der Waals surface area contributed by atoms with Crippen molar-refractivity contribution in [2.24, 2.45) is 0 Å². The third kappa shape index (κ3) is 76.4. The molecule has 0 fully saturated rings. The summed E-state index contributed by atoms with van der Waals surface area (Å²) >= 11 is 2.34. The van der Waals surface area contributed by atoms with Gasteiger partial charge in [-0.15, -0.1) is 0 Å². The Morgan fingerprint density at radius 1 is 0.260 bits per heavy atom. The van der Waals surface area contributed by atoms with Gasteiger partial charge < -0.3 is 29.9 Å². The fraction of sp³-hybridized carbons (Fsp3) is 0.953. The maximum absolute atomic E-state index is 13.0. The van der Waals surface area contributed by atoms with Crippen LogP contribution in [0.3, 0.4) is 0 Å². The quantitative estimate of drug-likeness (QED) is 0.0334. The first-order valence-electron chi connectivity index (χ1n) is 43.7. The second kappa shape index (κ2) is 80.3. The first-order valence-corrected chi connectivity index (χ1v) is 45.7. The molecule has 0 heterocycles. The number of hydrogen-bond donors (Lipinski definition) is 4. The maximum Gasteiger partial charge on any atom is 0.306 e. The number of carbonyl (C=O) groups is 4. The Hall–Kier alpha value is -1.26. The first-order chi connectivity index (χ1) is 48.9. The SMILES string of the molecule is CCCCCCCCCCCCCCCCC(O)CN(CCSC(=O)CCC(=O)OCCOC(=O)CCC(=O)SCCN(CC(O)CCCCCCCCCCCCCCCC)CC(O)CCCCCCCCCCCCCCCC)CC(O)CCCCCCCCCCCCCCCC. The molecule has 0 aromatic carbocycles. The van der Waals surface area contributed by atoms with Crippen LogP contribution in [-0.2, 0) is 28.7 Å². The van der Waals surface area contributed by atoms with Crippen LogP contribution in [0.4, 0.5) is 0 Å². The van der Waals surface area contributed by atoms with Gasteiger partial charge in [0.1, 0.15) is 13.2 Å². The van der Waals surface area contributed by atoms with E-state index in [1.54, 1.807) is 0 Å². The number of carbonyl (C=O) groups excluding carboxylic acids is 4. The molecule has 100 heavy (non-hydrogen) atoms. The first kappa shape index (κ1) is 98.7. The van der Waals surface area contributed by atoms with Crippen molar-refractivity contribution in [1.82, 2.24) is 9.80 Å². The zero-order valence-corrected chi connectivity index (χ0v) is 68.2. The monoisotopic (exact) mass is 1450 g/mol. The van der Waals surface area contributed by atoms with E-state index in [0.29, 0.717) is 50.8 Å². The Morgan fingerprint density at radius 2 is 0.430 bits per heavy atom. The number of hydrogen-bond acceptors (Lipinski definition) is 14. The number of thioether (sulfide) groups is 2. The number of nitrogens with zero attached hydrogens (tertiary/aromatic N) is 2. The summed E-state index contributed by atoms with van der Waals surface area (Å²) in [7, 11) is 0. The highest BCUT2D eigenvalue weighted by Crippen LogP contribution is 2.21. The van der Waals surface area contributed by atoms with Gasteiger partial charge in [0.05, 0.1) is 37.3 Å². The van der Waals surface area contributed by atoms with E-state index in [1.807, 2.05) is 0 Å². The zero-order valence-electron chi connectivity index (χ0n) is 66.6. The van der Waals surface area contributed by atoms with E-state index in [1.165, 1.54) is 332 Å². The molecule has 14 heteroatoms. The molecular weight excluding hydrogens is 1290 g/mol. The van der Waals surface area contributed by atoms with Gasteiger partial charge in [0.2, 0.25) is 0 Å². The Labute approximate surface area is 628 Å². The van der Waals surface area contributed by atoms with Crippen molar-refractivity contribution in [3.8, 4) is 0 Å². The molecule has 0 aromatic heterocycles. The number of rotatable bonds is 83. The minimum absolute atomic E-state index is 0.0184. The second-order valence-electron chi connectivity index (χ2n) is 30.6. The summed E-state index contributed by atoms with van der Waals surface area (Å²) < 4.78 is 10.6. The van der Waals surface area contributed by atoms with Gasteiger partial charge in [-0.3, -0.25) is 29.0 Å². The number of esters is 2. The molecule has 0 saturated carbocycles. The van der Waals surface area contributed by atoms with Crippen LogP contribution in [0.15, 0.2) is 0 Å². The molecule has 0 aliphatic carbocycles. The van der Waals surface area contributed by atoms with E-state index in [0.717, 1.165) is 77.0 Å². The van der Waals surface area contributed by atoms with Gasteiger partial charge in [-0.1, -0.05) is 411 Å². The second-order valence-corrected chi connectivity index (χ2v) is 32.9. The minimum atomic E-state index is -0.546. The van der Waals surface area contributed by atoms with Gasteiger partial charge >= 0.3 is 11.9 Å². The van der Waals surface area contributed by atoms with E-state index >= 15 is 0 Å². The highest BCUT2D eigenvalue weighted by molar-refractivity contribution is 8.13. The average molecular weight is 1450 g/mol. The largest absolute Gasteiger partial charge is 0.462 e. The summed E-state index contributed by atoms with van der Waals surface area (Å²) in [6, 6.07) is 0. The van der Waals surface area contributed by atoms with Gasteiger partial charge in [0.25, 0.3) is 0 Å². The summed E-state index contributed by atoms with van der Waals surface area (Å²) in [5.41, 5.74) is 0. The van der Waals surface area contributed by atoms with Crippen molar-refractivity contribution < 1.29 is 49.1 Å². The summed E-state index contributed by atoms with van der Waals surface area (Å²) in [6.45, 7) is 11.8. The Bertz CT molecular complexity index is 1520. The Kier molecular flexibility index (Phi) is 79.3. The molecule has 0 aromatic rings. The predicted octanol–water partition coefficient (Wildman–Crippen LogP) is 23.7. The summed E-state index contributed by atoms with van der Waals surface area (Å²) in [5, 5.41) is 44.4. The molecule has 0 amide bonds. The topological polar surface area (TPSA) is 174 Å². The molecule has 12 nitrogen and oxygen atoms in total. The van der Waals surface area contributed by atoms with Crippen molar-refractivity contribution >= 4 is 45.7 Å². The third-order valence-corrected chi connectivity index (χ3v) is 22.3. The van der Waals surface area contributed by atoms with Crippen LogP contribution in [0, 0.1) is 0 Å². The fourth-order valence-corrected chi connectivity index (χ4v) is 15.6. The number of unbranched alkanes of at least 4 members (excludes halogenated alkanes) is 52. The highest BCUT2D eigenvalue weighted by atomic mass is 32.2. The smallest absolute Gasteiger partial charge is 0.306 e. The molecule has 0 aliphatic rings. The average Bonchev–Trinajstić information content (AvgIpc) is 1.13. The van der Waals surface area contributed by atoms with Gasteiger partial charge in [-0.2, -0.15) is 0 Å². The van der Waals surface area contributed by atoms with E-state index in [2.05, 4.69) is 37.5 Å². The van der Waals surface area contributed by atoms with Crippen molar-refractivity contribution in [2.45, 2.75) is 463 Å². The summed E-state index contributed by atoms with van der Waals surface area (Å²) in [4.78, 5) is 55.4. The van der Waals surface area contributed by atoms with Gasteiger partial charge in [-0.25, -0.2) is 0 Å². The van der Waals surface area contributed by atoms with Crippen LogP contribution in [0.5, 0.6) is 0 Å². The number of aliphatic hydroxyl groups is 4.